The summed E-state index contributed by atoms with van der Waals surface area (Å²) in [5.74, 6) is 0.832. The molecule has 4 atom stereocenters. The number of amides is 1. The third kappa shape index (κ3) is 2.99. The number of hydrogen-bond donors (Lipinski definition) is 2. The average Bonchev–Trinajstić information content (AvgIpc) is 3.03. The normalized spacial score (nSPS) is 30.6. The van der Waals surface area contributed by atoms with Crippen molar-refractivity contribution in [2.45, 2.75) is 31.7 Å². The highest BCUT2D eigenvalue weighted by atomic mass is 79.9. The molecule has 3 rings (SSSR count). The van der Waals surface area contributed by atoms with E-state index in [1.54, 1.807) is 12.1 Å². The predicted molar refractivity (Wildman–Crippen MR) is 83.1 cm³/mol. The van der Waals surface area contributed by atoms with Gasteiger partial charge in [-0.25, -0.2) is 4.39 Å². The van der Waals surface area contributed by atoms with Crippen LogP contribution in [-0.2, 0) is 11.2 Å². The van der Waals surface area contributed by atoms with Crippen LogP contribution in [-0.4, -0.2) is 18.5 Å². The van der Waals surface area contributed by atoms with E-state index < -0.39 is 0 Å². The molecular formula is C16H20BrFN2O. The summed E-state index contributed by atoms with van der Waals surface area (Å²) in [5.41, 5.74) is 7.18. The molecule has 0 saturated heterocycles. The van der Waals surface area contributed by atoms with Crippen LogP contribution >= 0.6 is 15.9 Å². The summed E-state index contributed by atoms with van der Waals surface area (Å²) < 4.78 is 13.6. The summed E-state index contributed by atoms with van der Waals surface area (Å²) in [6.07, 6.45) is 4.13. The van der Waals surface area contributed by atoms with Gasteiger partial charge < -0.3 is 11.1 Å². The van der Waals surface area contributed by atoms with Crippen LogP contribution in [0, 0.1) is 23.6 Å². The van der Waals surface area contributed by atoms with Gasteiger partial charge in [0, 0.05) is 12.6 Å². The summed E-state index contributed by atoms with van der Waals surface area (Å²) in [6.45, 7) is 0.567. The summed E-state index contributed by atoms with van der Waals surface area (Å²) in [4.78, 5) is 12.3. The van der Waals surface area contributed by atoms with Gasteiger partial charge in [-0.3, -0.25) is 4.79 Å². The van der Waals surface area contributed by atoms with Gasteiger partial charge >= 0.3 is 0 Å². The molecule has 5 heteroatoms. The van der Waals surface area contributed by atoms with Crippen LogP contribution < -0.4 is 11.1 Å². The van der Waals surface area contributed by atoms with Gasteiger partial charge in [0.1, 0.15) is 5.82 Å². The maximum Gasteiger partial charge on any atom is 0.224 e. The zero-order valence-electron chi connectivity index (χ0n) is 11.8. The first-order valence-electron chi connectivity index (χ1n) is 7.53. The van der Waals surface area contributed by atoms with Gasteiger partial charge in [0.05, 0.1) is 10.4 Å². The molecule has 0 aromatic heterocycles. The number of nitrogens with one attached hydrogen (secondary N) is 1. The molecule has 2 aliphatic carbocycles. The van der Waals surface area contributed by atoms with E-state index in [-0.39, 0.29) is 23.7 Å². The van der Waals surface area contributed by atoms with Crippen molar-refractivity contribution in [1.29, 1.82) is 0 Å². The van der Waals surface area contributed by atoms with Crippen LogP contribution in [0.2, 0.25) is 0 Å². The van der Waals surface area contributed by atoms with E-state index in [2.05, 4.69) is 21.2 Å². The van der Waals surface area contributed by atoms with Gasteiger partial charge in [-0.1, -0.05) is 6.07 Å². The lowest BCUT2D eigenvalue weighted by molar-refractivity contribution is -0.127. The van der Waals surface area contributed by atoms with E-state index >= 15 is 0 Å². The maximum atomic E-state index is 13.2. The molecule has 2 bridgehead atoms. The number of halogens is 2. The van der Waals surface area contributed by atoms with Gasteiger partial charge in [-0.15, -0.1) is 0 Å². The second-order valence-corrected chi connectivity index (χ2v) is 7.08. The van der Waals surface area contributed by atoms with Crippen LogP contribution in [0.5, 0.6) is 0 Å². The minimum absolute atomic E-state index is 0.0105. The quantitative estimate of drug-likeness (QED) is 0.873. The zero-order valence-corrected chi connectivity index (χ0v) is 13.4. The minimum Gasteiger partial charge on any atom is -0.355 e. The summed E-state index contributed by atoms with van der Waals surface area (Å²) in [6, 6.07) is 4.97. The molecule has 1 amide bonds. The smallest absolute Gasteiger partial charge is 0.224 e. The van der Waals surface area contributed by atoms with Crippen molar-refractivity contribution in [2.24, 2.45) is 23.5 Å². The highest BCUT2D eigenvalue weighted by Gasteiger charge is 2.48. The molecule has 1 aromatic rings. The Kier molecular flexibility index (Phi) is 4.31. The van der Waals surface area contributed by atoms with Gasteiger partial charge in [0.2, 0.25) is 5.91 Å². The van der Waals surface area contributed by atoms with E-state index in [1.165, 1.54) is 12.5 Å². The fourth-order valence-electron chi connectivity index (χ4n) is 3.87. The Labute approximate surface area is 132 Å². The molecule has 0 radical (unpaired) electrons. The van der Waals surface area contributed by atoms with Crippen molar-refractivity contribution in [3.05, 3.63) is 34.1 Å². The van der Waals surface area contributed by atoms with Crippen LogP contribution in [0.15, 0.2) is 22.7 Å². The standard InChI is InChI=1S/C16H20BrFN2O/c17-12-7-9(1-4-13(12)18)5-6-20-16(21)14-10-2-3-11(8-10)15(14)19/h1,4,7,10-11,14-15H,2-3,5-6,8,19H2,(H,20,21). The summed E-state index contributed by atoms with van der Waals surface area (Å²) in [7, 11) is 0. The fourth-order valence-corrected chi connectivity index (χ4v) is 4.29. The highest BCUT2D eigenvalue weighted by Crippen LogP contribution is 2.47. The third-order valence-electron chi connectivity index (χ3n) is 4.98. The second-order valence-electron chi connectivity index (χ2n) is 6.23. The Balaban J connectivity index is 1.51. The van der Waals surface area contributed by atoms with Crippen molar-refractivity contribution in [2.75, 3.05) is 6.54 Å². The molecule has 0 heterocycles. The summed E-state index contributed by atoms with van der Waals surface area (Å²) >= 11 is 3.17. The number of nitrogens with two attached hydrogens (primary N) is 1. The maximum absolute atomic E-state index is 13.2. The first-order chi connectivity index (χ1) is 10.1. The minimum atomic E-state index is -0.268. The lowest BCUT2D eigenvalue weighted by Crippen LogP contribution is -2.45. The SMILES string of the molecule is NC1C2CCC(C2)C1C(=O)NCCc1ccc(F)c(Br)c1. The van der Waals surface area contributed by atoms with E-state index in [0.29, 0.717) is 29.3 Å². The number of rotatable bonds is 4. The highest BCUT2D eigenvalue weighted by molar-refractivity contribution is 9.10. The molecule has 0 aliphatic heterocycles. The average molecular weight is 355 g/mol. The van der Waals surface area contributed by atoms with Crippen LogP contribution in [0.3, 0.4) is 0 Å². The van der Waals surface area contributed by atoms with Crippen molar-refractivity contribution < 1.29 is 9.18 Å². The van der Waals surface area contributed by atoms with Crippen molar-refractivity contribution >= 4 is 21.8 Å². The van der Waals surface area contributed by atoms with E-state index in [1.807, 2.05) is 0 Å². The number of carbonyl (C=O) groups is 1. The van der Waals surface area contributed by atoms with Crippen LogP contribution in [0.1, 0.15) is 24.8 Å². The molecule has 3 N–H and O–H groups in total. The molecule has 3 nitrogen and oxygen atoms in total. The summed E-state index contributed by atoms with van der Waals surface area (Å²) in [5, 5.41) is 2.99. The van der Waals surface area contributed by atoms with Gasteiger partial charge in [-0.05, 0) is 71.1 Å². The number of benzene rings is 1. The Morgan fingerprint density at radius 3 is 2.81 bits per heavy atom. The first kappa shape index (κ1) is 15.0. The topological polar surface area (TPSA) is 55.1 Å². The molecule has 114 valence electrons. The molecular weight excluding hydrogens is 335 g/mol. The number of hydrogen-bond acceptors (Lipinski definition) is 2. The zero-order chi connectivity index (χ0) is 15.0. The molecule has 0 spiro atoms. The van der Waals surface area contributed by atoms with Crippen LogP contribution in [0.4, 0.5) is 4.39 Å². The van der Waals surface area contributed by atoms with E-state index in [4.69, 9.17) is 5.73 Å². The molecule has 1 aromatic carbocycles. The molecule has 4 unspecified atom stereocenters. The third-order valence-corrected chi connectivity index (χ3v) is 5.59. The van der Waals surface area contributed by atoms with Gasteiger partial charge in [0.15, 0.2) is 0 Å². The molecule has 2 fully saturated rings. The van der Waals surface area contributed by atoms with E-state index in [0.717, 1.165) is 18.4 Å². The fraction of sp³-hybridized carbons (Fsp3) is 0.562. The van der Waals surface area contributed by atoms with Gasteiger partial charge in [-0.2, -0.15) is 0 Å². The van der Waals surface area contributed by atoms with Crippen molar-refractivity contribution in [3.63, 3.8) is 0 Å². The lowest BCUT2D eigenvalue weighted by atomic mass is 9.84. The van der Waals surface area contributed by atoms with Crippen molar-refractivity contribution in [1.82, 2.24) is 5.32 Å². The lowest BCUT2D eigenvalue weighted by Gasteiger charge is -2.27. The second kappa shape index (κ2) is 6.05. The van der Waals surface area contributed by atoms with Gasteiger partial charge in [0.25, 0.3) is 0 Å². The van der Waals surface area contributed by atoms with Crippen molar-refractivity contribution in [3.8, 4) is 0 Å². The Bertz CT molecular complexity index is 549. The van der Waals surface area contributed by atoms with Crippen LogP contribution in [0.25, 0.3) is 0 Å². The molecule has 2 saturated carbocycles. The predicted octanol–water partition coefficient (Wildman–Crippen LogP) is 2.62. The largest absolute Gasteiger partial charge is 0.355 e. The number of fused-ring (bicyclic) bond motifs is 2. The monoisotopic (exact) mass is 354 g/mol. The number of carbonyl (C=O) groups excluding carboxylic acids is 1. The Morgan fingerprint density at radius 2 is 2.14 bits per heavy atom. The van der Waals surface area contributed by atoms with E-state index in [9.17, 15) is 9.18 Å². The Morgan fingerprint density at radius 1 is 1.38 bits per heavy atom. The molecule has 21 heavy (non-hydrogen) atoms. The molecule has 2 aliphatic rings. The first-order valence-corrected chi connectivity index (χ1v) is 8.33. The Hall–Kier alpha value is -0.940.